The predicted octanol–water partition coefficient (Wildman–Crippen LogP) is 2.89. The average Bonchev–Trinajstić information content (AvgIpc) is 2.66. The first kappa shape index (κ1) is 18.0. The van der Waals surface area contributed by atoms with Crippen molar-refractivity contribution < 1.29 is 9.90 Å². The standard InChI is InChI=1S/C23H26N2O2/c1-2-6-17-9-11-19(12-10-17)23-20-14-24(13-18-7-4-3-5-8-18)15-22(27)25(20)21(23)16-26/h2-12,20-21,23,26H,13-16H2,1H3/b6-2+/t20-,21+,23+/m1/s1. The fourth-order valence-electron chi connectivity index (χ4n) is 4.55. The number of rotatable bonds is 5. The van der Waals surface area contributed by atoms with Crippen molar-refractivity contribution in [1.29, 1.82) is 0 Å². The van der Waals surface area contributed by atoms with E-state index in [1.165, 1.54) is 16.7 Å². The second kappa shape index (κ2) is 7.67. The zero-order chi connectivity index (χ0) is 18.8. The highest BCUT2D eigenvalue weighted by Crippen LogP contribution is 2.43. The summed E-state index contributed by atoms with van der Waals surface area (Å²) in [5, 5.41) is 9.90. The van der Waals surface area contributed by atoms with E-state index in [1.807, 2.05) is 36.1 Å². The summed E-state index contributed by atoms with van der Waals surface area (Å²) in [5.41, 5.74) is 3.60. The van der Waals surface area contributed by atoms with Crippen molar-refractivity contribution in [3.8, 4) is 0 Å². The smallest absolute Gasteiger partial charge is 0.237 e. The number of aliphatic hydroxyl groups is 1. The molecule has 2 aliphatic heterocycles. The third kappa shape index (κ3) is 3.43. The fraction of sp³-hybridized carbons (Fsp3) is 0.348. The molecule has 0 saturated carbocycles. The highest BCUT2D eigenvalue weighted by atomic mass is 16.3. The molecular formula is C23H26N2O2. The van der Waals surface area contributed by atoms with Gasteiger partial charge in [-0.2, -0.15) is 0 Å². The summed E-state index contributed by atoms with van der Waals surface area (Å²) in [4.78, 5) is 16.8. The lowest BCUT2D eigenvalue weighted by atomic mass is 9.73. The summed E-state index contributed by atoms with van der Waals surface area (Å²) >= 11 is 0. The van der Waals surface area contributed by atoms with Crippen molar-refractivity contribution in [2.45, 2.75) is 31.5 Å². The van der Waals surface area contributed by atoms with Gasteiger partial charge in [0.25, 0.3) is 0 Å². The molecule has 2 aromatic carbocycles. The molecule has 0 aliphatic carbocycles. The molecule has 4 rings (SSSR count). The van der Waals surface area contributed by atoms with Crippen LogP contribution in [0.5, 0.6) is 0 Å². The van der Waals surface area contributed by atoms with Crippen molar-refractivity contribution in [3.63, 3.8) is 0 Å². The van der Waals surface area contributed by atoms with E-state index < -0.39 is 0 Å². The van der Waals surface area contributed by atoms with E-state index in [-0.39, 0.29) is 30.5 Å². The van der Waals surface area contributed by atoms with Gasteiger partial charge < -0.3 is 10.0 Å². The lowest BCUT2D eigenvalue weighted by molar-refractivity contribution is -0.162. The minimum absolute atomic E-state index is 0.0161. The monoisotopic (exact) mass is 362 g/mol. The summed E-state index contributed by atoms with van der Waals surface area (Å²) < 4.78 is 0. The van der Waals surface area contributed by atoms with Gasteiger partial charge in [0.1, 0.15) is 0 Å². The lowest BCUT2D eigenvalue weighted by Crippen LogP contribution is -2.72. The summed E-state index contributed by atoms with van der Waals surface area (Å²) in [7, 11) is 0. The molecule has 2 saturated heterocycles. The van der Waals surface area contributed by atoms with Crippen LogP contribution < -0.4 is 0 Å². The Kier molecular flexibility index (Phi) is 5.10. The van der Waals surface area contributed by atoms with Crippen molar-refractivity contribution in [1.82, 2.24) is 9.80 Å². The number of piperazine rings is 1. The molecule has 0 spiro atoms. The second-order valence-corrected chi connectivity index (χ2v) is 7.47. The van der Waals surface area contributed by atoms with E-state index in [0.29, 0.717) is 6.54 Å². The number of hydrogen-bond acceptors (Lipinski definition) is 3. The number of aliphatic hydroxyl groups excluding tert-OH is 1. The number of hydrogen-bond donors (Lipinski definition) is 1. The molecule has 0 aromatic heterocycles. The molecule has 1 N–H and O–H groups in total. The molecule has 4 nitrogen and oxygen atoms in total. The van der Waals surface area contributed by atoms with Crippen LogP contribution in [0.3, 0.4) is 0 Å². The van der Waals surface area contributed by atoms with Crippen LogP contribution in [-0.2, 0) is 11.3 Å². The second-order valence-electron chi connectivity index (χ2n) is 7.47. The fourth-order valence-corrected chi connectivity index (χ4v) is 4.55. The van der Waals surface area contributed by atoms with Gasteiger partial charge in [0.2, 0.25) is 5.91 Å². The van der Waals surface area contributed by atoms with Crippen LogP contribution in [0.1, 0.15) is 29.5 Å². The van der Waals surface area contributed by atoms with Crippen molar-refractivity contribution in [2.75, 3.05) is 19.7 Å². The van der Waals surface area contributed by atoms with Gasteiger partial charge in [0.05, 0.1) is 25.2 Å². The first-order valence-electron chi connectivity index (χ1n) is 9.62. The molecule has 3 atom stereocenters. The Labute approximate surface area is 160 Å². The van der Waals surface area contributed by atoms with Gasteiger partial charge >= 0.3 is 0 Å². The molecule has 0 bridgehead atoms. The summed E-state index contributed by atoms with van der Waals surface area (Å²) in [6, 6.07) is 18.8. The van der Waals surface area contributed by atoms with Gasteiger partial charge in [-0.3, -0.25) is 9.69 Å². The lowest BCUT2D eigenvalue weighted by Gasteiger charge is -2.59. The van der Waals surface area contributed by atoms with E-state index in [4.69, 9.17) is 0 Å². The van der Waals surface area contributed by atoms with Gasteiger partial charge in [-0.1, -0.05) is 66.7 Å². The Morgan fingerprint density at radius 1 is 1.11 bits per heavy atom. The Morgan fingerprint density at radius 3 is 2.52 bits per heavy atom. The van der Waals surface area contributed by atoms with E-state index in [2.05, 4.69) is 47.4 Å². The number of allylic oxidation sites excluding steroid dienone is 1. The van der Waals surface area contributed by atoms with E-state index in [9.17, 15) is 9.90 Å². The summed E-state index contributed by atoms with van der Waals surface area (Å²) in [6.07, 6.45) is 4.10. The Balaban J connectivity index is 1.53. The topological polar surface area (TPSA) is 43.8 Å². The van der Waals surface area contributed by atoms with Crippen molar-refractivity contribution in [3.05, 3.63) is 77.4 Å². The normalized spacial score (nSPS) is 25.5. The molecule has 2 aliphatic rings. The maximum absolute atomic E-state index is 12.7. The predicted molar refractivity (Wildman–Crippen MR) is 107 cm³/mol. The first-order chi connectivity index (χ1) is 13.2. The average molecular weight is 362 g/mol. The summed E-state index contributed by atoms with van der Waals surface area (Å²) in [6.45, 7) is 4.08. The number of carbonyl (C=O) groups excluding carboxylic acids is 1. The SMILES string of the molecule is C/C=C/c1ccc([C@H]2[C@H]3CN(Cc4ccccc4)CC(=O)N3[C@H]2CO)cc1. The minimum Gasteiger partial charge on any atom is -0.394 e. The van der Waals surface area contributed by atoms with Crippen LogP contribution in [0.4, 0.5) is 0 Å². The number of fused-ring (bicyclic) bond motifs is 1. The van der Waals surface area contributed by atoms with E-state index in [0.717, 1.165) is 13.1 Å². The summed E-state index contributed by atoms with van der Waals surface area (Å²) in [5.74, 6) is 0.320. The molecule has 1 amide bonds. The maximum Gasteiger partial charge on any atom is 0.237 e. The van der Waals surface area contributed by atoms with Gasteiger partial charge in [-0.05, 0) is 23.6 Å². The van der Waals surface area contributed by atoms with Gasteiger partial charge in [-0.15, -0.1) is 0 Å². The Bertz CT molecular complexity index is 816. The molecule has 27 heavy (non-hydrogen) atoms. The maximum atomic E-state index is 12.7. The minimum atomic E-state index is -0.103. The van der Waals surface area contributed by atoms with Crippen LogP contribution in [0.2, 0.25) is 0 Å². The molecule has 4 heteroatoms. The number of amides is 1. The van der Waals surface area contributed by atoms with Gasteiger partial charge in [-0.25, -0.2) is 0 Å². The highest BCUT2D eigenvalue weighted by Gasteiger charge is 2.53. The van der Waals surface area contributed by atoms with Crippen LogP contribution in [0.15, 0.2) is 60.7 Å². The third-order valence-electron chi connectivity index (χ3n) is 5.75. The molecule has 0 unspecified atom stereocenters. The largest absolute Gasteiger partial charge is 0.394 e. The van der Waals surface area contributed by atoms with Crippen molar-refractivity contribution in [2.24, 2.45) is 0 Å². The van der Waals surface area contributed by atoms with Crippen LogP contribution in [0.25, 0.3) is 6.08 Å². The zero-order valence-corrected chi connectivity index (χ0v) is 15.7. The molecular weight excluding hydrogens is 336 g/mol. The van der Waals surface area contributed by atoms with Gasteiger partial charge in [0.15, 0.2) is 0 Å². The van der Waals surface area contributed by atoms with Gasteiger partial charge in [0, 0.05) is 19.0 Å². The quantitative estimate of drug-likeness (QED) is 0.889. The van der Waals surface area contributed by atoms with Crippen LogP contribution in [0, 0.1) is 0 Å². The Morgan fingerprint density at radius 2 is 1.85 bits per heavy atom. The molecule has 140 valence electrons. The molecule has 2 fully saturated rings. The molecule has 2 aromatic rings. The van der Waals surface area contributed by atoms with E-state index in [1.54, 1.807) is 0 Å². The number of carbonyl (C=O) groups is 1. The zero-order valence-electron chi connectivity index (χ0n) is 15.7. The Hall–Kier alpha value is -2.43. The first-order valence-corrected chi connectivity index (χ1v) is 9.62. The number of benzene rings is 2. The van der Waals surface area contributed by atoms with Crippen LogP contribution >= 0.6 is 0 Å². The highest BCUT2D eigenvalue weighted by molar-refractivity contribution is 5.81. The molecule has 0 radical (unpaired) electrons. The van der Waals surface area contributed by atoms with Crippen LogP contribution in [-0.4, -0.2) is 52.6 Å². The van der Waals surface area contributed by atoms with E-state index >= 15 is 0 Å². The molecule has 2 heterocycles. The number of nitrogens with zero attached hydrogens (tertiary/aromatic N) is 2. The van der Waals surface area contributed by atoms with Crippen molar-refractivity contribution >= 4 is 12.0 Å². The third-order valence-corrected chi connectivity index (χ3v) is 5.75.